The van der Waals surface area contributed by atoms with Gasteiger partial charge in [-0.25, -0.2) is 9.59 Å². The highest BCUT2D eigenvalue weighted by Gasteiger charge is 2.42. The van der Waals surface area contributed by atoms with Gasteiger partial charge in [-0.05, 0) is 32.1 Å². The summed E-state index contributed by atoms with van der Waals surface area (Å²) in [6.07, 6.45) is 7.65. The SMILES string of the molecule is O=C(NC1(C(=O)O)CCCCCC1)N(CCO)C1CCC1. The largest absolute Gasteiger partial charge is 0.480 e. The number of aliphatic hydroxyl groups is 1. The highest BCUT2D eigenvalue weighted by Crippen LogP contribution is 2.29. The van der Waals surface area contributed by atoms with Gasteiger partial charge in [-0.2, -0.15) is 0 Å². The summed E-state index contributed by atoms with van der Waals surface area (Å²) in [7, 11) is 0. The molecule has 0 unspecified atom stereocenters. The van der Waals surface area contributed by atoms with Crippen LogP contribution < -0.4 is 5.32 Å². The Labute approximate surface area is 125 Å². The molecule has 0 radical (unpaired) electrons. The molecule has 2 rings (SSSR count). The van der Waals surface area contributed by atoms with Crippen molar-refractivity contribution in [3.63, 3.8) is 0 Å². The third-order valence-electron chi connectivity index (χ3n) is 4.83. The second kappa shape index (κ2) is 7.11. The highest BCUT2D eigenvalue weighted by molar-refractivity contribution is 5.86. The van der Waals surface area contributed by atoms with Crippen LogP contribution >= 0.6 is 0 Å². The maximum Gasteiger partial charge on any atom is 0.329 e. The Kier molecular flexibility index (Phi) is 5.45. The lowest BCUT2D eigenvalue weighted by atomic mass is 9.89. The molecule has 2 amide bonds. The first kappa shape index (κ1) is 16.1. The first-order chi connectivity index (χ1) is 10.1. The standard InChI is InChI=1S/C15H26N2O4/c18-11-10-17(12-6-5-7-12)14(21)16-15(13(19)20)8-3-1-2-4-9-15/h12,18H,1-11H2,(H,16,21)(H,19,20). The van der Waals surface area contributed by atoms with Crippen LogP contribution in [0.2, 0.25) is 0 Å². The number of hydrogen-bond acceptors (Lipinski definition) is 3. The molecule has 120 valence electrons. The van der Waals surface area contributed by atoms with Crippen molar-refractivity contribution in [2.45, 2.75) is 69.4 Å². The molecule has 0 heterocycles. The summed E-state index contributed by atoms with van der Waals surface area (Å²) in [4.78, 5) is 25.8. The third-order valence-corrected chi connectivity index (χ3v) is 4.83. The van der Waals surface area contributed by atoms with Crippen molar-refractivity contribution in [2.24, 2.45) is 0 Å². The van der Waals surface area contributed by atoms with Gasteiger partial charge < -0.3 is 20.4 Å². The predicted molar refractivity (Wildman–Crippen MR) is 78.0 cm³/mol. The van der Waals surface area contributed by atoms with E-state index in [0.717, 1.165) is 44.9 Å². The van der Waals surface area contributed by atoms with Crippen LogP contribution in [-0.2, 0) is 4.79 Å². The quantitative estimate of drug-likeness (QED) is 0.674. The third kappa shape index (κ3) is 3.67. The zero-order valence-corrected chi connectivity index (χ0v) is 12.5. The lowest BCUT2D eigenvalue weighted by Gasteiger charge is -2.40. The van der Waals surface area contributed by atoms with E-state index in [1.807, 2.05) is 0 Å². The number of aliphatic carboxylic acids is 1. The Balaban J connectivity index is 2.06. The number of nitrogens with one attached hydrogen (secondary N) is 1. The van der Waals surface area contributed by atoms with Crippen molar-refractivity contribution in [1.29, 1.82) is 0 Å². The van der Waals surface area contributed by atoms with Gasteiger partial charge in [0.05, 0.1) is 6.61 Å². The van der Waals surface area contributed by atoms with E-state index in [4.69, 9.17) is 5.11 Å². The number of urea groups is 1. The molecule has 6 nitrogen and oxygen atoms in total. The normalized spacial score (nSPS) is 22.0. The summed E-state index contributed by atoms with van der Waals surface area (Å²) in [5.74, 6) is -0.935. The molecule has 2 aliphatic carbocycles. The number of carboxylic acids is 1. The summed E-state index contributed by atoms with van der Waals surface area (Å²) in [6.45, 7) is 0.177. The summed E-state index contributed by atoms with van der Waals surface area (Å²) < 4.78 is 0. The number of hydrogen-bond donors (Lipinski definition) is 3. The van der Waals surface area contributed by atoms with E-state index in [1.165, 1.54) is 0 Å². The number of carbonyl (C=O) groups is 2. The maximum atomic E-state index is 12.5. The van der Waals surface area contributed by atoms with Gasteiger partial charge in [-0.15, -0.1) is 0 Å². The van der Waals surface area contributed by atoms with Gasteiger partial charge in [0.2, 0.25) is 0 Å². The summed E-state index contributed by atoms with van der Waals surface area (Å²) >= 11 is 0. The van der Waals surface area contributed by atoms with E-state index in [9.17, 15) is 14.7 Å². The molecule has 0 saturated heterocycles. The Morgan fingerprint density at radius 3 is 2.14 bits per heavy atom. The topological polar surface area (TPSA) is 89.9 Å². The molecule has 0 bridgehead atoms. The fourth-order valence-corrected chi connectivity index (χ4v) is 3.26. The van der Waals surface area contributed by atoms with Crippen LogP contribution in [0.3, 0.4) is 0 Å². The number of amides is 2. The first-order valence-electron chi connectivity index (χ1n) is 8.02. The molecule has 21 heavy (non-hydrogen) atoms. The summed E-state index contributed by atoms with van der Waals surface area (Å²) in [6, 6.07) is -0.188. The molecule has 0 spiro atoms. The number of rotatable bonds is 5. The molecular formula is C15H26N2O4. The Hall–Kier alpha value is -1.30. The molecule has 0 atom stereocenters. The number of carboxylic acid groups (broad SMARTS) is 1. The molecule has 2 fully saturated rings. The second-order valence-electron chi connectivity index (χ2n) is 6.23. The molecule has 3 N–H and O–H groups in total. The fourth-order valence-electron chi connectivity index (χ4n) is 3.26. The van der Waals surface area contributed by atoms with Crippen molar-refractivity contribution in [1.82, 2.24) is 10.2 Å². The smallest absolute Gasteiger partial charge is 0.329 e. The van der Waals surface area contributed by atoms with E-state index in [2.05, 4.69) is 5.32 Å². The Morgan fingerprint density at radius 2 is 1.71 bits per heavy atom. The van der Waals surface area contributed by atoms with Gasteiger partial charge in [0.25, 0.3) is 0 Å². The van der Waals surface area contributed by atoms with Gasteiger partial charge in [0, 0.05) is 12.6 Å². The van der Waals surface area contributed by atoms with Crippen molar-refractivity contribution in [3.05, 3.63) is 0 Å². The first-order valence-corrected chi connectivity index (χ1v) is 8.02. The van der Waals surface area contributed by atoms with Crippen LogP contribution in [0.15, 0.2) is 0 Å². The van der Waals surface area contributed by atoms with E-state index in [1.54, 1.807) is 4.90 Å². The molecule has 2 saturated carbocycles. The molecule has 6 heteroatoms. The van der Waals surface area contributed by atoms with Gasteiger partial charge in [-0.1, -0.05) is 25.7 Å². The predicted octanol–water partition coefficient (Wildman–Crippen LogP) is 1.72. The average molecular weight is 298 g/mol. The number of nitrogens with zero attached hydrogens (tertiary/aromatic N) is 1. The van der Waals surface area contributed by atoms with E-state index in [-0.39, 0.29) is 25.2 Å². The minimum Gasteiger partial charge on any atom is -0.480 e. The fraction of sp³-hybridized carbons (Fsp3) is 0.867. The van der Waals surface area contributed by atoms with Crippen LogP contribution in [-0.4, -0.2) is 51.8 Å². The number of carbonyl (C=O) groups excluding carboxylic acids is 1. The van der Waals surface area contributed by atoms with Gasteiger partial charge in [0.15, 0.2) is 0 Å². The zero-order valence-electron chi connectivity index (χ0n) is 12.5. The van der Waals surface area contributed by atoms with E-state index < -0.39 is 11.5 Å². The van der Waals surface area contributed by atoms with E-state index >= 15 is 0 Å². The van der Waals surface area contributed by atoms with Crippen molar-refractivity contribution < 1.29 is 19.8 Å². The van der Waals surface area contributed by atoms with Gasteiger partial charge >= 0.3 is 12.0 Å². The zero-order chi connectivity index (χ0) is 15.3. The minimum absolute atomic E-state index is 0.0933. The molecule has 0 aliphatic heterocycles. The maximum absolute atomic E-state index is 12.5. The molecule has 2 aliphatic rings. The summed E-state index contributed by atoms with van der Waals surface area (Å²) in [5, 5.41) is 21.5. The van der Waals surface area contributed by atoms with Crippen molar-refractivity contribution >= 4 is 12.0 Å². The minimum atomic E-state index is -1.13. The molecule has 0 aromatic heterocycles. The van der Waals surface area contributed by atoms with Crippen LogP contribution in [0, 0.1) is 0 Å². The lowest BCUT2D eigenvalue weighted by Crippen LogP contribution is -2.60. The Bertz CT molecular complexity index is 374. The van der Waals surface area contributed by atoms with Crippen LogP contribution in [0.5, 0.6) is 0 Å². The molecular weight excluding hydrogens is 272 g/mol. The van der Waals surface area contributed by atoms with Crippen molar-refractivity contribution in [2.75, 3.05) is 13.2 Å². The van der Waals surface area contributed by atoms with Crippen LogP contribution in [0.25, 0.3) is 0 Å². The average Bonchev–Trinajstić information content (AvgIpc) is 2.62. The Morgan fingerprint density at radius 1 is 1.10 bits per heavy atom. The molecule has 0 aromatic carbocycles. The lowest BCUT2D eigenvalue weighted by molar-refractivity contribution is -0.145. The van der Waals surface area contributed by atoms with Crippen LogP contribution in [0.4, 0.5) is 4.79 Å². The van der Waals surface area contributed by atoms with Gasteiger partial charge in [-0.3, -0.25) is 0 Å². The molecule has 0 aromatic rings. The summed E-state index contributed by atoms with van der Waals surface area (Å²) in [5.41, 5.74) is -1.13. The van der Waals surface area contributed by atoms with Gasteiger partial charge in [0.1, 0.15) is 5.54 Å². The highest BCUT2D eigenvalue weighted by atomic mass is 16.4. The second-order valence-corrected chi connectivity index (χ2v) is 6.23. The monoisotopic (exact) mass is 298 g/mol. The van der Waals surface area contributed by atoms with Crippen molar-refractivity contribution in [3.8, 4) is 0 Å². The van der Waals surface area contributed by atoms with Crippen LogP contribution in [0.1, 0.15) is 57.8 Å². The number of aliphatic hydroxyl groups excluding tert-OH is 1. The van der Waals surface area contributed by atoms with E-state index in [0.29, 0.717) is 12.8 Å².